The molecular weight excluding hydrogens is 316 g/mol. The molecule has 1 N–H and O–H groups in total. The van der Waals surface area contributed by atoms with Crippen molar-refractivity contribution in [3.8, 4) is 11.6 Å². The maximum absolute atomic E-state index is 11.6. The number of ether oxygens (including phenoxy) is 2. The number of hydrogen-bond donors (Lipinski definition) is 1. The number of nitrogens with zero attached hydrogens (tertiary/aromatic N) is 1. The second-order valence-corrected chi connectivity index (χ2v) is 6.21. The third kappa shape index (κ3) is 6.55. The number of rotatable bonds is 9. The molecule has 0 bridgehead atoms. The molecule has 0 amide bonds. The summed E-state index contributed by atoms with van der Waals surface area (Å²) in [5.41, 5.74) is 1.62. The first kappa shape index (κ1) is 18.9. The van der Waals surface area contributed by atoms with E-state index in [4.69, 9.17) is 9.47 Å². The van der Waals surface area contributed by atoms with Gasteiger partial charge in [0.05, 0.1) is 12.2 Å². The van der Waals surface area contributed by atoms with Gasteiger partial charge in [-0.3, -0.25) is 0 Å². The van der Waals surface area contributed by atoms with Gasteiger partial charge in [0.15, 0.2) is 0 Å². The van der Waals surface area contributed by atoms with Gasteiger partial charge in [0.2, 0.25) is 5.88 Å². The maximum atomic E-state index is 11.6. The summed E-state index contributed by atoms with van der Waals surface area (Å²) in [4.78, 5) is 15.7. The van der Waals surface area contributed by atoms with Crippen LogP contribution < -0.4 is 10.1 Å². The van der Waals surface area contributed by atoms with Crippen molar-refractivity contribution in [3.05, 3.63) is 53.7 Å². The predicted octanol–water partition coefficient (Wildman–Crippen LogP) is 4.19. The molecule has 0 saturated heterocycles. The highest BCUT2D eigenvalue weighted by Crippen LogP contribution is 2.20. The fourth-order valence-electron chi connectivity index (χ4n) is 2.20. The Kier molecular flexibility index (Phi) is 7.41. The molecule has 0 unspecified atom stereocenters. The van der Waals surface area contributed by atoms with Gasteiger partial charge in [-0.1, -0.05) is 26.0 Å². The Bertz CT molecular complexity index is 652. The lowest BCUT2D eigenvalue weighted by atomic mass is 10.1. The second kappa shape index (κ2) is 9.79. The van der Waals surface area contributed by atoms with E-state index in [-0.39, 0.29) is 5.97 Å². The highest BCUT2D eigenvalue weighted by Gasteiger charge is 2.07. The van der Waals surface area contributed by atoms with Gasteiger partial charge >= 0.3 is 5.97 Å². The second-order valence-electron chi connectivity index (χ2n) is 6.21. The molecule has 0 aliphatic heterocycles. The number of hydrogen-bond acceptors (Lipinski definition) is 5. The smallest absolute Gasteiger partial charge is 0.339 e. The van der Waals surface area contributed by atoms with E-state index in [0.29, 0.717) is 29.7 Å². The summed E-state index contributed by atoms with van der Waals surface area (Å²) in [6.45, 7) is 8.43. The molecule has 2 aromatic rings. The number of benzene rings is 1. The summed E-state index contributed by atoms with van der Waals surface area (Å²) in [6.07, 6.45) is 2.63. The number of aromatic nitrogens is 1. The first-order valence-corrected chi connectivity index (χ1v) is 8.69. The molecule has 0 radical (unpaired) electrons. The van der Waals surface area contributed by atoms with Crippen LogP contribution in [0.3, 0.4) is 0 Å². The molecule has 0 fully saturated rings. The van der Waals surface area contributed by atoms with Crippen LogP contribution in [0.1, 0.15) is 43.1 Å². The van der Waals surface area contributed by atoms with Crippen molar-refractivity contribution in [1.82, 2.24) is 10.3 Å². The standard InChI is InChI=1S/C20H26N2O3/c1-4-24-20(23)17-7-10-19(22-14-17)25-18-8-5-16(6-9-18)13-21-12-11-15(2)3/h5-10,14-15,21H,4,11-13H2,1-3H3. The zero-order chi connectivity index (χ0) is 18.1. The molecule has 0 saturated carbocycles. The number of carbonyl (C=O) groups excluding carboxylic acids is 1. The summed E-state index contributed by atoms with van der Waals surface area (Å²) in [7, 11) is 0. The fraction of sp³-hybridized carbons (Fsp3) is 0.400. The summed E-state index contributed by atoms with van der Waals surface area (Å²) in [6, 6.07) is 11.2. The van der Waals surface area contributed by atoms with Crippen LogP contribution in [-0.2, 0) is 11.3 Å². The molecule has 5 nitrogen and oxygen atoms in total. The van der Waals surface area contributed by atoms with Crippen LogP contribution in [0.5, 0.6) is 11.6 Å². The first-order chi connectivity index (χ1) is 12.1. The average molecular weight is 342 g/mol. The molecule has 1 heterocycles. The Balaban J connectivity index is 1.85. The van der Waals surface area contributed by atoms with Crippen molar-refractivity contribution in [1.29, 1.82) is 0 Å². The number of carbonyl (C=O) groups is 1. The van der Waals surface area contributed by atoms with Crippen LogP contribution >= 0.6 is 0 Å². The Labute approximate surface area is 149 Å². The van der Waals surface area contributed by atoms with Gasteiger partial charge in [-0.05, 0) is 49.6 Å². The van der Waals surface area contributed by atoms with E-state index in [2.05, 4.69) is 24.1 Å². The van der Waals surface area contributed by atoms with E-state index in [1.807, 2.05) is 24.3 Å². The van der Waals surface area contributed by atoms with Gasteiger partial charge in [0, 0.05) is 18.8 Å². The van der Waals surface area contributed by atoms with Crippen molar-refractivity contribution < 1.29 is 14.3 Å². The van der Waals surface area contributed by atoms with Crippen LogP contribution in [0.15, 0.2) is 42.6 Å². The fourth-order valence-corrected chi connectivity index (χ4v) is 2.20. The minimum atomic E-state index is -0.379. The normalized spacial score (nSPS) is 10.7. The molecule has 0 aliphatic rings. The monoisotopic (exact) mass is 342 g/mol. The third-order valence-corrected chi connectivity index (χ3v) is 3.62. The van der Waals surface area contributed by atoms with Crippen molar-refractivity contribution in [3.63, 3.8) is 0 Å². The molecule has 0 atom stereocenters. The zero-order valence-electron chi connectivity index (χ0n) is 15.1. The molecule has 5 heteroatoms. The maximum Gasteiger partial charge on any atom is 0.339 e. The quantitative estimate of drug-likeness (QED) is 0.547. The molecule has 0 aliphatic carbocycles. The lowest BCUT2D eigenvalue weighted by molar-refractivity contribution is 0.0526. The van der Waals surface area contributed by atoms with Crippen LogP contribution in [0, 0.1) is 5.92 Å². The van der Waals surface area contributed by atoms with Crippen molar-refractivity contribution >= 4 is 5.97 Å². The van der Waals surface area contributed by atoms with E-state index in [9.17, 15) is 4.79 Å². The lowest BCUT2D eigenvalue weighted by Crippen LogP contribution is -2.16. The first-order valence-electron chi connectivity index (χ1n) is 8.69. The van der Waals surface area contributed by atoms with Crippen LogP contribution in [-0.4, -0.2) is 24.1 Å². The van der Waals surface area contributed by atoms with Crippen molar-refractivity contribution in [2.45, 2.75) is 33.7 Å². The minimum Gasteiger partial charge on any atom is -0.462 e. The highest BCUT2D eigenvalue weighted by molar-refractivity contribution is 5.89. The lowest BCUT2D eigenvalue weighted by Gasteiger charge is -2.09. The van der Waals surface area contributed by atoms with Gasteiger partial charge in [0.25, 0.3) is 0 Å². The average Bonchev–Trinajstić information content (AvgIpc) is 2.61. The Morgan fingerprint density at radius 1 is 1.16 bits per heavy atom. The molecule has 2 rings (SSSR count). The number of nitrogens with one attached hydrogen (secondary N) is 1. The topological polar surface area (TPSA) is 60.5 Å². The third-order valence-electron chi connectivity index (χ3n) is 3.62. The zero-order valence-corrected chi connectivity index (χ0v) is 15.1. The van der Waals surface area contributed by atoms with Gasteiger partial charge < -0.3 is 14.8 Å². The van der Waals surface area contributed by atoms with Crippen LogP contribution in [0.25, 0.3) is 0 Å². The van der Waals surface area contributed by atoms with E-state index < -0.39 is 0 Å². The van der Waals surface area contributed by atoms with Gasteiger partial charge in [0.1, 0.15) is 5.75 Å². The molecular formula is C20H26N2O3. The van der Waals surface area contributed by atoms with E-state index in [1.165, 1.54) is 18.2 Å². The van der Waals surface area contributed by atoms with Gasteiger partial charge in [-0.2, -0.15) is 0 Å². The van der Waals surface area contributed by atoms with Gasteiger partial charge in [-0.25, -0.2) is 9.78 Å². The Morgan fingerprint density at radius 2 is 1.92 bits per heavy atom. The molecule has 134 valence electrons. The molecule has 0 spiro atoms. The minimum absolute atomic E-state index is 0.343. The highest BCUT2D eigenvalue weighted by atomic mass is 16.5. The molecule has 25 heavy (non-hydrogen) atoms. The Morgan fingerprint density at radius 3 is 2.52 bits per heavy atom. The number of pyridine rings is 1. The van der Waals surface area contributed by atoms with Gasteiger partial charge in [-0.15, -0.1) is 0 Å². The summed E-state index contributed by atoms with van der Waals surface area (Å²) < 4.78 is 10.6. The molecule has 1 aromatic heterocycles. The van der Waals surface area contributed by atoms with Crippen LogP contribution in [0.4, 0.5) is 0 Å². The van der Waals surface area contributed by atoms with Crippen molar-refractivity contribution in [2.24, 2.45) is 5.92 Å². The molecule has 1 aromatic carbocycles. The van der Waals surface area contributed by atoms with E-state index in [1.54, 1.807) is 19.1 Å². The Hall–Kier alpha value is -2.40. The SMILES string of the molecule is CCOC(=O)c1ccc(Oc2ccc(CNCCC(C)C)cc2)nc1. The van der Waals surface area contributed by atoms with E-state index >= 15 is 0 Å². The predicted molar refractivity (Wildman–Crippen MR) is 97.9 cm³/mol. The summed E-state index contributed by atoms with van der Waals surface area (Å²) >= 11 is 0. The summed E-state index contributed by atoms with van der Waals surface area (Å²) in [5, 5.41) is 3.43. The number of esters is 1. The largest absolute Gasteiger partial charge is 0.462 e. The van der Waals surface area contributed by atoms with E-state index in [0.717, 1.165) is 13.1 Å². The van der Waals surface area contributed by atoms with Crippen molar-refractivity contribution in [2.75, 3.05) is 13.2 Å². The summed E-state index contributed by atoms with van der Waals surface area (Å²) in [5.74, 6) is 1.49. The van der Waals surface area contributed by atoms with Crippen LogP contribution in [0.2, 0.25) is 0 Å².